The van der Waals surface area contributed by atoms with Gasteiger partial charge in [0.1, 0.15) is 5.75 Å². The van der Waals surface area contributed by atoms with Crippen LogP contribution in [0.3, 0.4) is 0 Å². The molecule has 0 unspecified atom stereocenters. The number of rotatable bonds is 4. The van der Waals surface area contributed by atoms with Crippen molar-refractivity contribution in [2.45, 2.75) is 0 Å². The summed E-state index contributed by atoms with van der Waals surface area (Å²) in [6.45, 7) is 0. The van der Waals surface area contributed by atoms with Crippen molar-refractivity contribution in [2.75, 3.05) is 7.11 Å². The first-order valence-electron chi connectivity index (χ1n) is 5.30. The lowest BCUT2D eigenvalue weighted by atomic mass is 10.2. The standard InChI is InChI=1S/C13H12N2O3/c1-17-11-5-2-4-10(8-11)9-14-15-13(16)12-6-3-7-18-12/h2-9H,1H3,(H,15,16). The number of nitrogens with one attached hydrogen (secondary N) is 1. The van der Waals surface area contributed by atoms with Crippen LogP contribution in [0.25, 0.3) is 0 Å². The van der Waals surface area contributed by atoms with Gasteiger partial charge in [-0.1, -0.05) is 12.1 Å². The molecule has 92 valence electrons. The van der Waals surface area contributed by atoms with Crippen LogP contribution in [-0.2, 0) is 0 Å². The average molecular weight is 244 g/mol. The Hall–Kier alpha value is -2.56. The number of amides is 1. The third-order valence-electron chi connectivity index (χ3n) is 2.22. The van der Waals surface area contributed by atoms with Crippen LogP contribution in [0.5, 0.6) is 5.75 Å². The van der Waals surface area contributed by atoms with E-state index in [9.17, 15) is 4.79 Å². The molecule has 5 nitrogen and oxygen atoms in total. The molecular formula is C13H12N2O3. The Morgan fingerprint density at radius 1 is 1.39 bits per heavy atom. The Labute approximate surface area is 104 Å². The van der Waals surface area contributed by atoms with E-state index >= 15 is 0 Å². The van der Waals surface area contributed by atoms with Crippen molar-refractivity contribution >= 4 is 12.1 Å². The first-order chi connectivity index (χ1) is 8.79. The first-order valence-corrected chi connectivity index (χ1v) is 5.30. The van der Waals surface area contributed by atoms with Gasteiger partial charge >= 0.3 is 5.91 Å². The van der Waals surface area contributed by atoms with Crippen molar-refractivity contribution in [3.63, 3.8) is 0 Å². The number of hydrogen-bond donors (Lipinski definition) is 1. The number of hydrogen-bond acceptors (Lipinski definition) is 4. The lowest BCUT2D eigenvalue weighted by Gasteiger charge is -1.99. The van der Waals surface area contributed by atoms with E-state index in [0.29, 0.717) is 0 Å². The summed E-state index contributed by atoms with van der Waals surface area (Å²) in [6.07, 6.45) is 2.96. The Morgan fingerprint density at radius 3 is 3.00 bits per heavy atom. The van der Waals surface area contributed by atoms with Gasteiger partial charge in [-0.2, -0.15) is 5.10 Å². The van der Waals surface area contributed by atoms with Crippen LogP contribution >= 0.6 is 0 Å². The van der Waals surface area contributed by atoms with Crippen molar-refractivity contribution in [3.8, 4) is 5.75 Å². The molecule has 1 heterocycles. The predicted octanol–water partition coefficient (Wildman–Crippen LogP) is 2.05. The molecule has 1 amide bonds. The highest BCUT2D eigenvalue weighted by molar-refractivity contribution is 5.92. The average Bonchev–Trinajstić information content (AvgIpc) is 2.93. The number of hydrazone groups is 1. The topological polar surface area (TPSA) is 63.8 Å². The molecule has 1 N–H and O–H groups in total. The van der Waals surface area contributed by atoms with Crippen LogP contribution in [-0.4, -0.2) is 19.2 Å². The highest BCUT2D eigenvalue weighted by Crippen LogP contribution is 2.10. The van der Waals surface area contributed by atoms with Crippen molar-refractivity contribution < 1.29 is 13.9 Å². The summed E-state index contributed by atoms with van der Waals surface area (Å²) in [5.74, 6) is 0.563. The Bertz CT molecular complexity index is 547. The fourth-order valence-electron chi connectivity index (χ4n) is 1.35. The molecule has 0 aliphatic carbocycles. The van der Waals surface area contributed by atoms with E-state index in [2.05, 4.69) is 10.5 Å². The summed E-state index contributed by atoms with van der Waals surface area (Å²) >= 11 is 0. The van der Waals surface area contributed by atoms with Gasteiger partial charge in [0.25, 0.3) is 0 Å². The largest absolute Gasteiger partial charge is 0.497 e. The van der Waals surface area contributed by atoms with Gasteiger partial charge in [0.05, 0.1) is 19.6 Å². The van der Waals surface area contributed by atoms with E-state index < -0.39 is 0 Å². The zero-order valence-electron chi connectivity index (χ0n) is 9.79. The van der Waals surface area contributed by atoms with Crippen LogP contribution in [0, 0.1) is 0 Å². The summed E-state index contributed by atoms with van der Waals surface area (Å²) in [7, 11) is 1.59. The number of ether oxygens (including phenoxy) is 1. The molecule has 1 aromatic carbocycles. The summed E-state index contributed by atoms with van der Waals surface area (Å²) in [5, 5.41) is 3.83. The van der Waals surface area contributed by atoms with Gasteiger partial charge in [-0.3, -0.25) is 4.79 Å². The number of furan rings is 1. The smallest absolute Gasteiger partial charge is 0.307 e. The zero-order valence-corrected chi connectivity index (χ0v) is 9.79. The van der Waals surface area contributed by atoms with Crippen LogP contribution in [0.1, 0.15) is 16.1 Å². The molecule has 0 aliphatic heterocycles. The Balaban J connectivity index is 1.97. The second-order valence-electron chi connectivity index (χ2n) is 3.45. The third-order valence-corrected chi connectivity index (χ3v) is 2.22. The fraction of sp³-hybridized carbons (Fsp3) is 0.0769. The summed E-state index contributed by atoms with van der Waals surface area (Å²) < 4.78 is 10.0. The minimum absolute atomic E-state index is 0.220. The number of carbonyl (C=O) groups is 1. The Morgan fingerprint density at radius 2 is 2.28 bits per heavy atom. The summed E-state index contributed by atoms with van der Waals surface area (Å²) in [5.41, 5.74) is 3.19. The number of benzene rings is 1. The molecule has 1 aromatic heterocycles. The highest BCUT2D eigenvalue weighted by atomic mass is 16.5. The molecule has 0 atom stereocenters. The molecular weight excluding hydrogens is 232 g/mol. The summed E-state index contributed by atoms with van der Waals surface area (Å²) in [4.78, 5) is 11.5. The fourth-order valence-corrected chi connectivity index (χ4v) is 1.35. The van der Waals surface area contributed by atoms with Gasteiger partial charge in [0.2, 0.25) is 0 Å². The highest BCUT2D eigenvalue weighted by Gasteiger charge is 2.05. The second kappa shape index (κ2) is 5.67. The molecule has 2 aromatic rings. The van der Waals surface area contributed by atoms with E-state index in [4.69, 9.17) is 9.15 Å². The normalized spacial score (nSPS) is 10.5. The van der Waals surface area contributed by atoms with Gasteiger partial charge in [0.15, 0.2) is 5.76 Å². The molecule has 0 fully saturated rings. The quantitative estimate of drug-likeness (QED) is 0.661. The lowest BCUT2D eigenvalue weighted by Crippen LogP contribution is -2.16. The van der Waals surface area contributed by atoms with Gasteiger partial charge in [-0.25, -0.2) is 5.43 Å². The maximum Gasteiger partial charge on any atom is 0.307 e. The molecule has 0 radical (unpaired) electrons. The SMILES string of the molecule is COc1cccc(C=NNC(=O)c2ccco2)c1. The predicted molar refractivity (Wildman–Crippen MR) is 66.8 cm³/mol. The van der Waals surface area contributed by atoms with E-state index in [1.165, 1.54) is 12.5 Å². The molecule has 0 saturated carbocycles. The molecule has 0 saturated heterocycles. The van der Waals surface area contributed by atoms with E-state index in [1.54, 1.807) is 19.2 Å². The zero-order chi connectivity index (χ0) is 12.8. The van der Waals surface area contributed by atoms with E-state index in [0.717, 1.165) is 11.3 Å². The third kappa shape index (κ3) is 2.98. The number of nitrogens with zero attached hydrogens (tertiary/aromatic N) is 1. The molecule has 0 aliphatic rings. The second-order valence-corrected chi connectivity index (χ2v) is 3.45. The maximum atomic E-state index is 11.5. The van der Waals surface area contributed by atoms with Gasteiger partial charge in [0, 0.05) is 0 Å². The van der Waals surface area contributed by atoms with Gasteiger partial charge in [-0.05, 0) is 29.8 Å². The number of methoxy groups -OCH3 is 1. The maximum absolute atomic E-state index is 11.5. The van der Waals surface area contributed by atoms with Crippen molar-refractivity contribution in [2.24, 2.45) is 5.10 Å². The van der Waals surface area contributed by atoms with Crippen molar-refractivity contribution in [3.05, 3.63) is 54.0 Å². The Kier molecular flexibility index (Phi) is 3.76. The van der Waals surface area contributed by atoms with Gasteiger partial charge in [-0.15, -0.1) is 0 Å². The van der Waals surface area contributed by atoms with Gasteiger partial charge < -0.3 is 9.15 Å². The first kappa shape index (κ1) is 11.9. The molecule has 18 heavy (non-hydrogen) atoms. The van der Waals surface area contributed by atoms with Crippen LogP contribution < -0.4 is 10.2 Å². The molecule has 5 heteroatoms. The van der Waals surface area contributed by atoms with Crippen LogP contribution in [0.15, 0.2) is 52.2 Å². The van der Waals surface area contributed by atoms with Crippen LogP contribution in [0.2, 0.25) is 0 Å². The lowest BCUT2D eigenvalue weighted by molar-refractivity contribution is 0.0927. The van der Waals surface area contributed by atoms with E-state index in [-0.39, 0.29) is 11.7 Å². The van der Waals surface area contributed by atoms with Crippen molar-refractivity contribution in [1.29, 1.82) is 0 Å². The minimum Gasteiger partial charge on any atom is -0.497 e. The van der Waals surface area contributed by atoms with Crippen molar-refractivity contribution in [1.82, 2.24) is 5.43 Å². The number of carbonyl (C=O) groups excluding carboxylic acids is 1. The van der Waals surface area contributed by atoms with E-state index in [1.807, 2.05) is 24.3 Å². The molecule has 0 bridgehead atoms. The molecule has 0 spiro atoms. The molecule has 2 rings (SSSR count). The minimum atomic E-state index is -0.390. The monoisotopic (exact) mass is 244 g/mol. The van der Waals surface area contributed by atoms with Crippen LogP contribution in [0.4, 0.5) is 0 Å². The summed E-state index contributed by atoms with van der Waals surface area (Å²) in [6, 6.07) is 10.5.